The molecule has 62 valence electrons. The van der Waals surface area contributed by atoms with E-state index in [4.69, 9.17) is 0 Å². The normalized spacial score (nSPS) is 14.5. The molecule has 0 heteroatoms. The summed E-state index contributed by atoms with van der Waals surface area (Å²) >= 11 is 0. The van der Waals surface area contributed by atoms with E-state index in [2.05, 4.69) is 40.3 Å². The van der Waals surface area contributed by atoms with Crippen LogP contribution in [0.15, 0.2) is 34.9 Å². The van der Waals surface area contributed by atoms with E-state index in [1.54, 1.807) is 0 Å². The van der Waals surface area contributed by atoms with E-state index in [1.165, 1.54) is 16.7 Å². The van der Waals surface area contributed by atoms with Crippen LogP contribution >= 0.6 is 0 Å². The number of rotatable bonds is 2. The van der Waals surface area contributed by atoms with Crippen LogP contribution in [0, 0.1) is 0 Å². The fraction of sp³-hybridized carbons (Fsp3) is 0.455. The summed E-state index contributed by atoms with van der Waals surface area (Å²) in [4.78, 5) is 0. The molecule has 0 aromatic carbocycles. The van der Waals surface area contributed by atoms with Crippen molar-refractivity contribution in [2.45, 2.75) is 34.6 Å². The van der Waals surface area contributed by atoms with Crippen LogP contribution in [0.1, 0.15) is 34.6 Å². The van der Waals surface area contributed by atoms with Crippen molar-refractivity contribution in [3.05, 3.63) is 34.9 Å². The molecule has 0 saturated carbocycles. The van der Waals surface area contributed by atoms with Crippen LogP contribution in [0.25, 0.3) is 0 Å². The summed E-state index contributed by atoms with van der Waals surface area (Å²) in [7, 11) is 0. The van der Waals surface area contributed by atoms with Gasteiger partial charge in [0.2, 0.25) is 0 Å². The molecular weight excluding hydrogens is 132 g/mol. The fourth-order valence-corrected chi connectivity index (χ4v) is 0.832. The molecule has 0 aromatic heterocycles. The van der Waals surface area contributed by atoms with Crippen LogP contribution in [0.3, 0.4) is 0 Å². The van der Waals surface area contributed by atoms with E-state index in [9.17, 15) is 0 Å². The SMILES string of the molecule is C=C(C)/C(C)=C(C)\C(C)=C\C. The molecule has 0 nitrogen and oxygen atoms in total. The summed E-state index contributed by atoms with van der Waals surface area (Å²) in [6.07, 6.45) is 2.13. The maximum absolute atomic E-state index is 3.91. The third-order valence-electron chi connectivity index (χ3n) is 2.23. The summed E-state index contributed by atoms with van der Waals surface area (Å²) in [6, 6.07) is 0. The minimum atomic E-state index is 1.16. The number of hydrogen-bond acceptors (Lipinski definition) is 0. The third-order valence-corrected chi connectivity index (χ3v) is 2.23. The van der Waals surface area contributed by atoms with Gasteiger partial charge in [-0.15, -0.1) is 0 Å². The third kappa shape index (κ3) is 2.75. The lowest BCUT2D eigenvalue weighted by atomic mass is 10.00. The Labute approximate surface area is 70.3 Å². The van der Waals surface area contributed by atoms with E-state index in [0.717, 1.165) is 5.57 Å². The molecule has 0 amide bonds. The second kappa shape index (κ2) is 4.17. The van der Waals surface area contributed by atoms with Gasteiger partial charge < -0.3 is 0 Å². The summed E-state index contributed by atoms with van der Waals surface area (Å²) in [5, 5.41) is 0. The molecule has 0 aromatic rings. The largest absolute Gasteiger partial charge is 0.0958 e. The lowest BCUT2D eigenvalue weighted by Gasteiger charge is -2.06. The van der Waals surface area contributed by atoms with Gasteiger partial charge in [-0.3, -0.25) is 0 Å². The molecular formula is C11H18. The smallest absolute Gasteiger partial charge is 0.0393 e. The van der Waals surface area contributed by atoms with Crippen molar-refractivity contribution in [2.24, 2.45) is 0 Å². The Morgan fingerprint density at radius 1 is 1.00 bits per heavy atom. The van der Waals surface area contributed by atoms with Crippen molar-refractivity contribution >= 4 is 0 Å². The summed E-state index contributed by atoms with van der Waals surface area (Å²) in [5.74, 6) is 0. The van der Waals surface area contributed by atoms with Crippen LogP contribution in [0.4, 0.5) is 0 Å². The molecule has 0 heterocycles. The molecule has 0 saturated heterocycles. The van der Waals surface area contributed by atoms with Gasteiger partial charge in [0.25, 0.3) is 0 Å². The van der Waals surface area contributed by atoms with Crippen LogP contribution in [0.5, 0.6) is 0 Å². The van der Waals surface area contributed by atoms with Crippen molar-refractivity contribution in [3.8, 4) is 0 Å². The van der Waals surface area contributed by atoms with Crippen LogP contribution in [0.2, 0.25) is 0 Å². The first-order valence-corrected chi connectivity index (χ1v) is 3.97. The topological polar surface area (TPSA) is 0 Å². The van der Waals surface area contributed by atoms with Gasteiger partial charge in [0.15, 0.2) is 0 Å². The highest BCUT2D eigenvalue weighted by molar-refractivity contribution is 5.39. The molecule has 0 aliphatic rings. The summed E-state index contributed by atoms with van der Waals surface area (Å²) < 4.78 is 0. The minimum Gasteiger partial charge on any atom is -0.0958 e. The Kier molecular flexibility index (Phi) is 3.88. The van der Waals surface area contributed by atoms with Gasteiger partial charge in [-0.05, 0) is 45.8 Å². The van der Waals surface area contributed by atoms with Crippen molar-refractivity contribution in [2.75, 3.05) is 0 Å². The second-order valence-electron chi connectivity index (χ2n) is 3.00. The van der Waals surface area contributed by atoms with Crippen molar-refractivity contribution in [1.29, 1.82) is 0 Å². The first-order chi connectivity index (χ1) is 5.00. The molecule has 0 atom stereocenters. The Morgan fingerprint density at radius 2 is 1.45 bits per heavy atom. The van der Waals surface area contributed by atoms with E-state index < -0.39 is 0 Å². The Hall–Kier alpha value is -0.780. The average molecular weight is 150 g/mol. The minimum absolute atomic E-state index is 1.16. The summed E-state index contributed by atoms with van der Waals surface area (Å²) in [5.41, 5.74) is 5.15. The van der Waals surface area contributed by atoms with Gasteiger partial charge in [0.05, 0.1) is 0 Å². The Morgan fingerprint density at radius 3 is 1.73 bits per heavy atom. The molecule has 0 fully saturated rings. The molecule has 0 rings (SSSR count). The van der Waals surface area contributed by atoms with Crippen molar-refractivity contribution < 1.29 is 0 Å². The van der Waals surface area contributed by atoms with Crippen LogP contribution in [-0.2, 0) is 0 Å². The molecule has 0 aliphatic heterocycles. The zero-order valence-electron chi connectivity index (χ0n) is 8.28. The highest BCUT2D eigenvalue weighted by Crippen LogP contribution is 2.17. The van der Waals surface area contributed by atoms with E-state index >= 15 is 0 Å². The van der Waals surface area contributed by atoms with Gasteiger partial charge in [-0.2, -0.15) is 0 Å². The highest BCUT2D eigenvalue weighted by atomic mass is 14.0. The van der Waals surface area contributed by atoms with Crippen molar-refractivity contribution in [1.82, 2.24) is 0 Å². The van der Waals surface area contributed by atoms with Gasteiger partial charge in [-0.25, -0.2) is 0 Å². The molecule has 0 N–H and O–H groups in total. The summed E-state index contributed by atoms with van der Waals surface area (Å²) in [6.45, 7) is 14.4. The molecule has 0 bridgehead atoms. The number of allylic oxidation sites excluding steroid dienone is 5. The van der Waals surface area contributed by atoms with E-state index in [-0.39, 0.29) is 0 Å². The van der Waals surface area contributed by atoms with E-state index in [0.29, 0.717) is 0 Å². The quantitative estimate of drug-likeness (QED) is 0.524. The predicted octanol–water partition coefficient (Wildman–Crippen LogP) is 3.87. The molecule has 0 unspecified atom stereocenters. The lowest BCUT2D eigenvalue weighted by Crippen LogP contribution is -1.86. The molecule has 0 aliphatic carbocycles. The van der Waals surface area contributed by atoms with Gasteiger partial charge in [-0.1, -0.05) is 23.8 Å². The fourth-order valence-electron chi connectivity index (χ4n) is 0.832. The zero-order chi connectivity index (χ0) is 9.02. The van der Waals surface area contributed by atoms with Crippen LogP contribution in [-0.4, -0.2) is 0 Å². The van der Waals surface area contributed by atoms with E-state index in [1.807, 2.05) is 6.92 Å². The number of hydrogen-bond donors (Lipinski definition) is 0. The van der Waals surface area contributed by atoms with Gasteiger partial charge in [0, 0.05) is 0 Å². The standard InChI is InChI=1S/C11H18/c1-7-9(4)11(6)10(5)8(2)3/h7H,2H2,1,3-6H3/b9-7+,11-10-. The first-order valence-electron chi connectivity index (χ1n) is 3.97. The highest BCUT2D eigenvalue weighted by Gasteiger charge is 1.97. The Balaban J connectivity index is 4.81. The van der Waals surface area contributed by atoms with Crippen LogP contribution < -0.4 is 0 Å². The molecule has 0 radical (unpaired) electrons. The van der Waals surface area contributed by atoms with Gasteiger partial charge >= 0.3 is 0 Å². The second-order valence-corrected chi connectivity index (χ2v) is 3.00. The Bertz CT molecular complexity index is 214. The maximum Gasteiger partial charge on any atom is -0.0393 e. The van der Waals surface area contributed by atoms with Crippen molar-refractivity contribution in [3.63, 3.8) is 0 Å². The lowest BCUT2D eigenvalue weighted by molar-refractivity contribution is 1.22. The average Bonchev–Trinajstić information content (AvgIpc) is 2.00. The molecule has 11 heavy (non-hydrogen) atoms. The molecule has 0 spiro atoms. The zero-order valence-corrected chi connectivity index (χ0v) is 8.28. The maximum atomic E-state index is 3.91. The monoisotopic (exact) mass is 150 g/mol. The first kappa shape index (κ1) is 10.2. The van der Waals surface area contributed by atoms with Gasteiger partial charge in [0.1, 0.15) is 0 Å². The predicted molar refractivity (Wildman–Crippen MR) is 52.6 cm³/mol.